The van der Waals surface area contributed by atoms with Crippen molar-refractivity contribution in [2.75, 3.05) is 31.1 Å². The van der Waals surface area contributed by atoms with E-state index >= 15 is 0 Å². The number of carbonyl (C=O) groups is 1. The SMILES string of the molecule is N#Cc1ccc(N2CCN(C(=O)c3ccncn3)C(COc3ccccc3)C2)cc1C(F)(F)F. The molecule has 7 nitrogen and oxygen atoms in total. The molecule has 1 atom stereocenters. The van der Waals surface area contributed by atoms with Crippen LogP contribution in [0.5, 0.6) is 5.75 Å². The quantitative estimate of drug-likeness (QED) is 0.568. The van der Waals surface area contributed by atoms with Crippen molar-refractivity contribution in [3.05, 3.63) is 83.9 Å². The first-order chi connectivity index (χ1) is 16.4. The maximum atomic E-state index is 13.5. The normalized spacial score (nSPS) is 16.1. The van der Waals surface area contributed by atoms with Gasteiger partial charge in [0.2, 0.25) is 0 Å². The van der Waals surface area contributed by atoms with Crippen molar-refractivity contribution in [2.45, 2.75) is 12.2 Å². The van der Waals surface area contributed by atoms with Gasteiger partial charge in [-0.3, -0.25) is 4.79 Å². The van der Waals surface area contributed by atoms with E-state index in [2.05, 4.69) is 9.97 Å². The molecule has 0 N–H and O–H groups in total. The number of anilines is 1. The second-order valence-corrected chi connectivity index (χ2v) is 7.66. The zero-order valence-corrected chi connectivity index (χ0v) is 17.9. The highest BCUT2D eigenvalue weighted by Gasteiger charge is 2.36. The Morgan fingerprint density at radius 1 is 1.15 bits per heavy atom. The molecule has 0 spiro atoms. The van der Waals surface area contributed by atoms with E-state index in [1.807, 2.05) is 18.2 Å². The Bertz CT molecular complexity index is 1180. The van der Waals surface area contributed by atoms with Gasteiger partial charge in [0.15, 0.2) is 0 Å². The summed E-state index contributed by atoms with van der Waals surface area (Å²) in [5.74, 6) is 0.311. The monoisotopic (exact) mass is 467 g/mol. The third-order valence-corrected chi connectivity index (χ3v) is 5.52. The molecule has 0 radical (unpaired) electrons. The largest absolute Gasteiger partial charge is 0.491 e. The third kappa shape index (κ3) is 5.09. The van der Waals surface area contributed by atoms with Gasteiger partial charge in [0, 0.05) is 31.5 Å². The summed E-state index contributed by atoms with van der Waals surface area (Å²) in [5, 5.41) is 9.07. The minimum atomic E-state index is -4.65. The number of carbonyl (C=O) groups excluding carboxylic acids is 1. The number of piperazine rings is 1. The molecule has 1 amide bonds. The van der Waals surface area contributed by atoms with Crippen molar-refractivity contribution in [1.82, 2.24) is 14.9 Å². The fourth-order valence-corrected chi connectivity index (χ4v) is 3.83. The Hall–Kier alpha value is -4.13. The van der Waals surface area contributed by atoms with Gasteiger partial charge in [-0.2, -0.15) is 18.4 Å². The highest BCUT2D eigenvalue weighted by molar-refractivity contribution is 5.92. The van der Waals surface area contributed by atoms with Gasteiger partial charge in [0.05, 0.1) is 23.2 Å². The van der Waals surface area contributed by atoms with Crippen LogP contribution in [-0.4, -0.2) is 53.1 Å². The van der Waals surface area contributed by atoms with E-state index in [-0.39, 0.29) is 31.3 Å². The molecule has 0 aliphatic carbocycles. The Morgan fingerprint density at radius 3 is 2.62 bits per heavy atom. The summed E-state index contributed by atoms with van der Waals surface area (Å²) >= 11 is 0. The van der Waals surface area contributed by atoms with Gasteiger partial charge in [-0.1, -0.05) is 18.2 Å². The maximum absolute atomic E-state index is 13.5. The number of benzene rings is 2. The standard InChI is InChI=1S/C24H20F3N5O2/c25-24(26,27)21-12-18(7-6-17(21)13-28)31-10-11-32(23(33)22-8-9-29-16-30-22)19(14-31)15-34-20-4-2-1-3-5-20/h1-9,12,16,19H,10-11,14-15H2. The van der Waals surface area contributed by atoms with Gasteiger partial charge in [-0.25, -0.2) is 9.97 Å². The summed E-state index contributed by atoms with van der Waals surface area (Å²) < 4.78 is 46.3. The van der Waals surface area contributed by atoms with Crippen LogP contribution in [0.2, 0.25) is 0 Å². The van der Waals surface area contributed by atoms with Crippen LogP contribution >= 0.6 is 0 Å². The molecule has 2 aromatic carbocycles. The van der Waals surface area contributed by atoms with Crippen molar-refractivity contribution in [3.8, 4) is 11.8 Å². The Morgan fingerprint density at radius 2 is 1.94 bits per heavy atom. The molecule has 1 aromatic heterocycles. The second kappa shape index (κ2) is 9.79. The van der Waals surface area contributed by atoms with Gasteiger partial charge in [0.25, 0.3) is 5.91 Å². The maximum Gasteiger partial charge on any atom is 0.417 e. The van der Waals surface area contributed by atoms with Gasteiger partial charge < -0.3 is 14.5 Å². The molecule has 1 unspecified atom stereocenters. The number of hydrogen-bond acceptors (Lipinski definition) is 6. The number of rotatable bonds is 5. The number of nitrogens with zero attached hydrogens (tertiary/aromatic N) is 5. The average molecular weight is 467 g/mol. The molecular weight excluding hydrogens is 447 g/mol. The summed E-state index contributed by atoms with van der Waals surface area (Å²) in [6, 6.07) is 15.4. The summed E-state index contributed by atoms with van der Waals surface area (Å²) in [6.45, 7) is 0.946. The first-order valence-corrected chi connectivity index (χ1v) is 10.5. The molecule has 10 heteroatoms. The predicted octanol–water partition coefficient (Wildman–Crippen LogP) is 3.78. The van der Waals surface area contributed by atoms with E-state index in [4.69, 9.17) is 10.00 Å². The lowest BCUT2D eigenvalue weighted by atomic mass is 10.0. The number of amides is 1. The molecule has 4 rings (SSSR count). The number of alkyl halides is 3. The fraction of sp³-hybridized carbons (Fsp3) is 0.250. The van der Waals surface area contributed by atoms with Crippen molar-refractivity contribution >= 4 is 11.6 Å². The average Bonchev–Trinajstić information content (AvgIpc) is 2.87. The van der Waals surface area contributed by atoms with Crippen LogP contribution in [0.1, 0.15) is 21.6 Å². The number of aromatic nitrogens is 2. The lowest BCUT2D eigenvalue weighted by Gasteiger charge is -2.42. The molecular formula is C24H20F3N5O2. The minimum Gasteiger partial charge on any atom is -0.491 e. The number of hydrogen-bond donors (Lipinski definition) is 0. The van der Waals surface area contributed by atoms with Gasteiger partial charge >= 0.3 is 6.18 Å². The first kappa shape index (κ1) is 23.0. The summed E-state index contributed by atoms with van der Waals surface area (Å²) in [4.78, 5) is 24.4. The van der Waals surface area contributed by atoms with Crippen molar-refractivity contribution in [1.29, 1.82) is 5.26 Å². The van der Waals surface area contributed by atoms with Crippen LogP contribution in [0, 0.1) is 11.3 Å². The molecule has 1 saturated heterocycles. The summed E-state index contributed by atoms with van der Waals surface area (Å²) in [5.41, 5.74) is -0.863. The molecule has 174 valence electrons. The summed E-state index contributed by atoms with van der Waals surface area (Å²) in [6.07, 6.45) is -1.89. The number of para-hydroxylation sites is 1. The topological polar surface area (TPSA) is 82.4 Å². The minimum absolute atomic E-state index is 0.139. The van der Waals surface area contributed by atoms with E-state index in [0.717, 1.165) is 6.07 Å². The lowest BCUT2D eigenvalue weighted by Crippen LogP contribution is -2.57. The van der Waals surface area contributed by atoms with Crippen molar-refractivity contribution < 1.29 is 22.7 Å². The predicted molar refractivity (Wildman–Crippen MR) is 117 cm³/mol. The van der Waals surface area contributed by atoms with Crippen LogP contribution in [0.15, 0.2) is 67.1 Å². The van der Waals surface area contributed by atoms with Gasteiger partial charge in [-0.15, -0.1) is 0 Å². The lowest BCUT2D eigenvalue weighted by molar-refractivity contribution is -0.137. The molecule has 3 aromatic rings. The third-order valence-electron chi connectivity index (χ3n) is 5.52. The first-order valence-electron chi connectivity index (χ1n) is 10.5. The molecule has 0 bridgehead atoms. The van der Waals surface area contributed by atoms with Crippen LogP contribution in [0.25, 0.3) is 0 Å². The molecule has 34 heavy (non-hydrogen) atoms. The Kier molecular flexibility index (Phi) is 6.63. The number of ether oxygens (including phenoxy) is 1. The smallest absolute Gasteiger partial charge is 0.417 e. The highest BCUT2D eigenvalue weighted by Crippen LogP contribution is 2.35. The van der Waals surface area contributed by atoms with E-state index in [0.29, 0.717) is 18.0 Å². The van der Waals surface area contributed by atoms with Crippen LogP contribution in [0.3, 0.4) is 0 Å². The second-order valence-electron chi connectivity index (χ2n) is 7.66. The van der Waals surface area contributed by atoms with Crippen LogP contribution in [-0.2, 0) is 6.18 Å². The molecule has 1 aliphatic heterocycles. The number of halogens is 3. The molecule has 1 aliphatic rings. The van der Waals surface area contributed by atoms with E-state index in [1.165, 1.54) is 30.7 Å². The summed E-state index contributed by atoms with van der Waals surface area (Å²) in [7, 11) is 0. The van der Waals surface area contributed by atoms with Gasteiger partial charge in [0.1, 0.15) is 24.4 Å². The Labute approximate surface area is 194 Å². The van der Waals surface area contributed by atoms with Crippen LogP contribution < -0.4 is 9.64 Å². The van der Waals surface area contributed by atoms with Crippen LogP contribution in [0.4, 0.5) is 18.9 Å². The van der Waals surface area contributed by atoms with E-state index in [9.17, 15) is 18.0 Å². The zero-order valence-electron chi connectivity index (χ0n) is 17.9. The highest BCUT2D eigenvalue weighted by atomic mass is 19.4. The van der Waals surface area contributed by atoms with E-state index in [1.54, 1.807) is 28.0 Å². The van der Waals surface area contributed by atoms with Crippen molar-refractivity contribution in [2.24, 2.45) is 0 Å². The molecule has 2 heterocycles. The number of nitriles is 1. The van der Waals surface area contributed by atoms with E-state index < -0.39 is 23.3 Å². The fourth-order valence-electron chi connectivity index (χ4n) is 3.83. The molecule has 0 saturated carbocycles. The van der Waals surface area contributed by atoms with Crippen molar-refractivity contribution in [3.63, 3.8) is 0 Å². The molecule has 1 fully saturated rings. The Balaban J connectivity index is 1.59. The zero-order chi connectivity index (χ0) is 24.1. The van der Waals surface area contributed by atoms with Gasteiger partial charge in [-0.05, 0) is 36.4 Å².